The second-order valence-corrected chi connectivity index (χ2v) is 5.65. The van der Waals surface area contributed by atoms with Gasteiger partial charge in [-0.2, -0.15) is 0 Å². The van der Waals surface area contributed by atoms with Crippen LogP contribution in [0.5, 0.6) is 0 Å². The first kappa shape index (κ1) is 9.37. The van der Waals surface area contributed by atoms with Crippen LogP contribution in [0.15, 0.2) is 68.2 Å². The Kier molecular flexibility index (Phi) is 2.47. The summed E-state index contributed by atoms with van der Waals surface area (Å²) in [6, 6.07) is 8.62. The van der Waals surface area contributed by atoms with Crippen LogP contribution in [0.4, 0.5) is 0 Å². The highest BCUT2D eigenvalue weighted by molar-refractivity contribution is 8.09. The zero-order valence-electron chi connectivity index (χ0n) is 8.14. The summed E-state index contributed by atoms with van der Waals surface area (Å²) < 4.78 is 0. The first-order valence-corrected chi connectivity index (χ1v) is 6.58. The lowest BCUT2D eigenvalue weighted by atomic mass is 10.3. The van der Waals surface area contributed by atoms with Crippen molar-refractivity contribution in [1.29, 1.82) is 0 Å². The molecule has 1 aromatic carbocycles. The smallest absolute Gasteiger partial charge is 0.0262 e. The Morgan fingerprint density at radius 2 is 1.73 bits per heavy atom. The number of hydrogen-bond acceptors (Lipinski definition) is 2. The molecule has 1 aliphatic carbocycles. The lowest BCUT2D eigenvalue weighted by Crippen LogP contribution is -1.90. The molecular weight excluding hydrogens is 220 g/mol. The van der Waals surface area contributed by atoms with Gasteiger partial charge in [-0.25, -0.2) is 0 Å². The van der Waals surface area contributed by atoms with Gasteiger partial charge in [0.05, 0.1) is 0 Å². The van der Waals surface area contributed by atoms with Crippen LogP contribution in [0.1, 0.15) is 6.42 Å². The maximum atomic E-state index is 2.22. The fraction of sp³-hybridized carbons (Fsp3) is 0.0769. The third-order valence-corrected chi connectivity index (χ3v) is 5.02. The third kappa shape index (κ3) is 1.80. The van der Waals surface area contributed by atoms with Crippen molar-refractivity contribution in [2.45, 2.75) is 16.2 Å². The second-order valence-electron chi connectivity index (χ2n) is 3.43. The molecule has 0 saturated heterocycles. The average Bonchev–Trinajstić information content (AvgIpc) is 2.50. The maximum absolute atomic E-state index is 2.22. The normalized spacial score (nSPS) is 18.4. The summed E-state index contributed by atoms with van der Waals surface area (Å²) in [5, 5.41) is 0. The summed E-state index contributed by atoms with van der Waals surface area (Å²) in [6.07, 6.45) is 9.76. The number of thioether (sulfide) groups is 2. The van der Waals surface area contributed by atoms with Crippen molar-refractivity contribution in [3.8, 4) is 0 Å². The molecule has 0 unspecified atom stereocenters. The summed E-state index contributed by atoms with van der Waals surface area (Å²) in [5.74, 6) is 0. The molecule has 74 valence electrons. The Morgan fingerprint density at radius 1 is 0.933 bits per heavy atom. The monoisotopic (exact) mass is 230 g/mol. The molecule has 3 rings (SSSR count). The summed E-state index contributed by atoms with van der Waals surface area (Å²) in [4.78, 5) is 5.66. The minimum absolute atomic E-state index is 1.06. The van der Waals surface area contributed by atoms with Crippen molar-refractivity contribution in [2.75, 3.05) is 0 Å². The van der Waals surface area contributed by atoms with Gasteiger partial charge in [0.2, 0.25) is 0 Å². The van der Waals surface area contributed by atoms with Gasteiger partial charge in [0.15, 0.2) is 0 Å². The van der Waals surface area contributed by atoms with E-state index in [1.54, 1.807) is 0 Å². The molecule has 0 nitrogen and oxygen atoms in total. The van der Waals surface area contributed by atoms with Crippen LogP contribution in [-0.2, 0) is 0 Å². The molecule has 1 heterocycles. The van der Waals surface area contributed by atoms with Crippen molar-refractivity contribution < 1.29 is 0 Å². The standard InChI is InChI=1S/C13H10S2/c1-2-6-10-11(7-3-1)15-13-9-5-4-8-12(13)14-10/h1-6,8-9H,7H2. The van der Waals surface area contributed by atoms with E-state index < -0.39 is 0 Å². The van der Waals surface area contributed by atoms with Crippen molar-refractivity contribution >= 4 is 23.5 Å². The number of rotatable bonds is 0. The molecule has 1 aromatic rings. The van der Waals surface area contributed by atoms with E-state index in [9.17, 15) is 0 Å². The lowest BCUT2D eigenvalue weighted by molar-refractivity contribution is 1.23. The van der Waals surface area contributed by atoms with E-state index >= 15 is 0 Å². The number of benzene rings is 1. The van der Waals surface area contributed by atoms with E-state index in [-0.39, 0.29) is 0 Å². The molecule has 0 saturated carbocycles. The van der Waals surface area contributed by atoms with Crippen LogP contribution in [0.2, 0.25) is 0 Å². The van der Waals surface area contributed by atoms with Gasteiger partial charge in [0.1, 0.15) is 0 Å². The van der Waals surface area contributed by atoms with Gasteiger partial charge in [-0.15, -0.1) is 0 Å². The SMILES string of the molecule is C1=CCC2=C(C=C1)Sc1ccccc1S2. The van der Waals surface area contributed by atoms with Gasteiger partial charge in [0, 0.05) is 19.6 Å². The molecule has 0 amide bonds. The molecule has 0 radical (unpaired) electrons. The maximum Gasteiger partial charge on any atom is 0.0262 e. The first-order valence-electron chi connectivity index (χ1n) is 4.94. The third-order valence-electron chi connectivity index (χ3n) is 2.38. The van der Waals surface area contributed by atoms with E-state index in [0.717, 1.165) is 6.42 Å². The Labute approximate surface area is 98.2 Å². The molecule has 15 heavy (non-hydrogen) atoms. The zero-order valence-corrected chi connectivity index (χ0v) is 9.78. The fourth-order valence-electron chi connectivity index (χ4n) is 1.64. The van der Waals surface area contributed by atoms with Crippen LogP contribution in [0, 0.1) is 0 Å². The molecular formula is C13H10S2. The predicted octanol–water partition coefficient (Wildman–Crippen LogP) is 4.61. The van der Waals surface area contributed by atoms with Gasteiger partial charge in [-0.1, -0.05) is 53.9 Å². The molecule has 0 bridgehead atoms. The van der Waals surface area contributed by atoms with Crippen LogP contribution < -0.4 is 0 Å². The Bertz CT molecular complexity index is 481. The number of allylic oxidation sites excluding steroid dienone is 5. The molecule has 2 aliphatic rings. The molecule has 0 atom stereocenters. The van der Waals surface area contributed by atoms with E-state index in [1.165, 1.54) is 19.6 Å². The summed E-state index contributed by atoms with van der Waals surface area (Å²) in [6.45, 7) is 0. The van der Waals surface area contributed by atoms with Crippen molar-refractivity contribution in [2.24, 2.45) is 0 Å². The van der Waals surface area contributed by atoms with Crippen LogP contribution in [0.25, 0.3) is 0 Å². The molecule has 0 fully saturated rings. The van der Waals surface area contributed by atoms with Crippen molar-refractivity contribution in [3.05, 3.63) is 58.4 Å². The van der Waals surface area contributed by atoms with Crippen LogP contribution in [-0.4, -0.2) is 0 Å². The van der Waals surface area contributed by atoms with Crippen molar-refractivity contribution in [3.63, 3.8) is 0 Å². The minimum atomic E-state index is 1.06. The highest BCUT2D eigenvalue weighted by Gasteiger charge is 2.17. The second kappa shape index (κ2) is 3.95. The Morgan fingerprint density at radius 3 is 2.60 bits per heavy atom. The summed E-state index contributed by atoms with van der Waals surface area (Å²) in [5.41, 5.74) is 0. The van der Waals surface area contributed by atoms with E-state index in [0.29, 0.717) is 0 Å². The van der Waals surface area contributed by atoms with Gasteiger partial charge >= 0.3 is 0 Å². The van der Waals surface area contributed by atoms with E-state index in [4.69, 9.17) is 0 Å². The van der Waals surface area contributed by atoms with Gasteiger partial charge in [0.25, 0.3) is 0 Å². The fourth-order valence-corrected chi connectivity index (χ4v) is 3.97. The largest absolute Gasteiger partial charge is 0.0918 e. The van der Waals surface area contributed by atoms with E-state index in [1.807, 2.05) is 23.5 Å². The number of fused-ring (bicyclic) bond motifs is 1. The highest BCUT2D eigenvalue weighted by Crippen LogP contribution is 2.48. The molecule has 0 spiro atoms. The molecule has 2 heteroatoms. The molecule has 0 N–H and O–H groups in total. The lowest BCUT2D eigenvalue weighted by Gasteiger charge is -2.18. The molecule has 0 aromatic heterocycles. The summed E-state index contributed by atoms with van der Waals surface area (Å²) >= 11 is 3.80. The topological polar surface area (TPSA) is 0 Å². The van der Waals surface area contributed by atoms with Crippen molar-refractivity contribution in [1.82, 2.24) is 0 Å². The van der Waals surface area contributed by atoms with Crippen LogP contribution >= 0.6 is 23.5 Å². The Balaban J connectivity index is 2.03. The zero-order chi connectivity index (χ0) is 10.1. The predicted molar refractivity (Wildman–Crippen MR) is 68.1 cm³/mol. The Hall–Kier alpha value is -0.860. The van der Waals surface area contributed by atoms with E-state index in [2.05, 4.69) is 48.6 Å². The molecule has 1 aliphatic heterocycles. The van der Waals surface area contributed by atoms with Gasteiger partial charge in [-0.3, -0.25) is 0 Å². The first-order chi connectivity index (χ1) is 7.43. The number of hydrogen-bond donors (Lipinski definition) is 0. The highest BCUT2D eigenvalue weighted by atomic mass is 32.2. The van der Waals surface area contributed by atoms with Gasteiger partial charge in [-0.05, 0) is 24.6 Å². The minimum Gasteiger partial charge on any atom is -0.0918 e. The van der Waals surface area contributed by atoms with Crippen LogP contribution in [0.3, 0.4) is 0 Å². The average molecular weight is 230 g/mol. The summed E-state index contributed by atoms with van der Waals surface area (Å²) in [7, 11) is 0. The quantitative estimate of drug-likeness (QED) is 0.638. The van der Waals surface area contributed by atoms with Gasteiger partial charge < -0.3 is 0 Å².